The van der Waals surface area contributed by atoms with Crippen molar-refractivity contribution in [2.24, 2.45) is 0 Å². The number of halogens is 1. The second kappa shape index (κ2) is 5.77. The highest BCUT2D eigenvalue weighted by Gasteiger charge is 2.23. The fraction of sp³-hybridized carbons (Fsp3) is 0.500. The van der Waals surface area contributed by atoms with Gasteiger partial charge in [0.1, 0.15) is 0 Å². The molecule has 16 heavy (non-hydrogen) atoms. The monoisotopic (exact) mass is 285 g/mol. The molecule has 0 aliphatic carbocycles. The van der Waals surface area contributed by atoms with E-state index < -0.39 is 0 Å². The Morgan fingerprint density at radius 1 is 1.38 bits per heavy atom. The molecule has 0 bridgehead atoms. The summed E-state index contributed by atoms with van der Waals surface area (Å²) in [6.07, 6.45) is 1.12. The number of hydrogen-bond donors (Lipinski definition) is 2. The van der Waals surface area contributed by atoms with Gasteiger partial charge in [-0.2, -0.15) is 0 Å². The molecular weight excluding hydrogens is 270 g/mol. The third kappa shape index (κ3) is 3.28. The second-order valence-electron chi connectivity index (χ2n) is 4.08. The van der Waals surface area contributed by atoms with Crippen LogP contribution < -0.4 is 5.32 Å². The third-order valence-corrected chi connectivity index (χ3v) is 3.33. The molecule has 1 fully saturated rings. The van der Waals surface area contributed by atoms with Crippen molar-refractivity contribution in [3.05, 3.63) is 34.3 Å². The van der Waals surface area contributed by atoms with E-state index in [1.165, 1.54) is 5.56 Å². The molecule has 3 nitrogen and oxygen atoms in total. The molecule has 2 N–H and O–H groups in total. The van der Waals surface area contributed by atoms with Crippen LogP contribution in [0.2, 0.25) is 0 Å². The van der Waals surface area contributed by atoms with Crippen LogP contribution in [0.1, 0.15) is 12.0 Å². The predicted octanol–water partition coefficient (Wildman–Crippen LogP) is 1.69. The molecule has 1 aliphatic heterocycles. The lowest BCUT2D eigenvalue weighted by molar-refractivity contribution is 0.0512. The predicted molar refractivity (Wildman–Crippen MR) is 66.2 cm³/mol. The molecular formula is C12H16BrNO2. The van der Waals surface area contributed by atoms with E-state index in [2.05, 4.69) is 33.4 Å². The first-order chi connectivity index (χ1) is 7.78. The van der Waals surface area contributed by atoms with Gasteiger partial charge in [0.05, 0.1) is 19.3 Å². The van der Waals surface area contributed by atoms with Gasteiger partial charge in [0.25, 0.3) is 0 Å². The Hall–Kier alpha value is -0.420. The maximum Gasteiger partial charge on any atom is 0.0721 e. The van der Waals surface area contributed by atoms with Crippen molar-refractivity contribution in [2.75, 3.05) is 13.2 Å². The zero-order valence-corrected chi connectivity index (χ0v) is 10.6. The smallest absolute Gasteiger partial charge is 0.0721 e. The van der Waals surface area contributed by atoms with Crippen molar-refractivity contribution >= 4 is 15.9 Å². The van der Waals surface area contributed by atoms with Crippen LogP contribution in [0.15, 0.2) is 28.7 Å². The van der Waals surface area contributed by atoms with Crippen LogP contribution in [-0.2, 0) is 11.3 Å². The van der Waals surface area contributed by atoms with E-state index in [4.69, 9.17) is 9.84 Å². The molecule has 1 aliphatic rings. The van der Waals surface area contributed by atoms with Gasteiger partial charge in [-0.05, 0) is 24.1 Å². The van der Waals surface area contributed by atoms with Crippen molar-refractivity contribution in [3.63, 3.8) is 0 Å². The number of aliphatic hydroxyl groups excluding tert-OH is 1. The van der Waals surface area contributed by atoms with Crippen LogP contribution in [0.4, 0.5) is 0 Å². The van der Waals surface area contributed by atoms with Gasteiger partial charge in [-0.15, -0.1) is 0 Å². The minimum Gasteiger partial charge on any atom is -0.395 e. The van der Waals surface area contributed by atoms with Crippen LogP contribution in [0, 0.1) is 0 Å². The van der Waals surface area contributed by atoms with E-state index >= 15 is 0 Å². The summed E-state index contributed by atoms with van der Waals surface area (Å²) in [5.41, 5.74) is 1.18. The van der Waals surface area contributed by atoms with Gasteiger partial charge < -0.3 is 15.2 Å². The second-order valence-corrected chi connectivity index (χ2v) is 5.00. The van der Waals surface area contributed by atoms with Gasteiger partial charge in [0.2, 0.25) is 0 Å². The summed E-state index contributed by atoms with van der Waals surface area (Å²) in [7, 11) is 0. The molecule has 88 valence electrons. The Morgan fingerprint density at radius 3 is 2.75 bits per heavy atom. The SMILES string of the molecule is OCC1CC(OCc2ccc(Br)cc2)CN1. The van der Waals surface area contributed by atoms with Gasteiger partial charge in [-0.25, -0.2) is 0 Å². The maximum absolute atomic E-state index is 8.98. The average Bonchev–Trinajstić information content (AvgIpc) is 2.76. The maximum atomic E-state index is 8.98. The van der Waals surface area contributed by atoms with Crippen LogP contribution >= 0.6 is 15.9 Å². The van der Waals surface area contributed by atoms with Gasteiger partial charge in [0, 0.05) is 17.1 Å². The number of rotatable bonds is 4. The van der Waals surface area contributed by atoms with Gasteiger partial charge >= 0.3 is 0 Å². The van der Waals surface area contributed by atoms with Gasteiger partial charge in [0.15, 0.2) is 0 Å². The highest BCUT2D eigenvalue weighted by atomic mass is 79.9. The van der Waals surface area contributed by atoms with E-state index in [0.29, 0.717) is 6.61 Å². The minimum atomic E-state index is 0.193. The molecule has 2 unspecified atom stereocenters. The highest BCUT2D eigenvalue weighted by molar-refractivity contribution is 9.10. The molecule has 1 saturated heterocycles. The standard InChI is InChI=1S/C12H16BrNO2/c13-10-3-1-9(2-4-10)8-16-12-5-11(7-15)14-6-12/h1-4,11-12,14-15H,5-8H2. The minimum absolute atomic E-state index is 0.193. The van der Waals surface area contributed by atoms with E-state index in [-0.39, 0.29) is 18.8 Å². The number of aliphatic hydroxyl groups is 1. The fourth-order valence-corrected chi connectivity index (χ4v) is 2.11. The summed E-state index contributed by atoms with van der Waals surface area (Å²) >= 11 is 3.40. The van der Waals surface area contributed by atoms with E-state index in [0.717, 1.165) is 17.4 Å². The Labute approximate surface area is 104 Å². The third-order valence-electron chi connectivity index (χ3n) is 2.80. The number of nitrogens with one attached hydrogen (secondary N) is 1. The van der Waals surface area contributed by atoms with Crippen molar-refractivity contribution in [1.82, 2.24) is 5.32 Å². The van der Waals surface area contributed by atoms with E-state index in [9.17, 15) is 0 Å². The lowest BCUT2D eigenvalue weighted by Gasteiger charge is -2.10. The number of benzene rings is 1. The van der Waals surface area contributed by atoms with Crippen molar-refractivity contribution in [3.8, 4) is 0 Å². The Morgan fingerprint density at radius 2 is 2.12 bits per heavy atom. The summed E-state index contributed by atoms with van der Waals surface area (Å²) < 4.78 is 6.85. The zero-order valence-electron chi connectivity index (χ0n) is 9.03. The molecule has 2 rings (SSSR count). The molecule has 1 aromatic carbocycles. The summed E-state index contributed by atoms with van der Waals surface area (Å²) in [6, 6.07) is 8.34. The van der Waals surface area contributed by atoms with Crippen LogP contribution in [0.5, 0.6) is 0 Å². The summed E-state index contributed by atoms with van der Waals surface area (Å²) in [6.45, 7) is 1.66. The number of ether oxygens (including phenoxy) is 1. The summed E-state index contributed by atoms with van der Waals surface area (Å²) in [4.78, 5) is 0. The molecule has 4 heteroatoms. The lowest BCUT2D eigenvalue weighted by Crippen LogP contribution is -2.24. The van der Waals surface area contributed by atoms with Gasteiger partial charge in [-0.1, -0.05) is 28.1 Å². The first-order valence-electron chi connectivity index (χ1n) is 5.48. The Kier molecular flexibility index (Phi) is 4.35. The summed E-state index contributed by atoms with van der Waals surface area (Å²) in [5, 5.41) is 12.2. The van der Waals surface area contributed by atoms with Crippen molar-refractivity contribution in [1.29, 1.82) is 0 Å². The Balaban J connectivity index is 1.77. The van der Waals surface area contributed by atoms with E-state index in [1.807, 2.05) is 12.1 Å². The molecule has 0 aromatic heterocycles. The molecule has 2 atom stereocenters. The first-order valence-corrected chi connectivity index (χ1v) is 6.27. The molecule has 0 amide bonds. The fourth-order valence-electron chi connectivity index (χ4n) is 1.84. The zero-order chi connectivity index (χ0) is 11.4. The Bertz CT molecular complexity index is 328. The quantitative estimate of drug-likeness (QED) is 0.885. The van der Waals surface area contributed by atoms with Gasteiger partial charge in [-0.3, -0.25) is 0 Å². The lowest BCUT2D eigenvalue weighted by atomic mass is 10.2. The first kappa shape index (κ1) is 12.0. The molecule has 1 heterocycles. The largest absolute Gasteiger partial charge is 0.395 e. The van der Waals surface area contributed by atoms with Crippen LogP contribution in [0.25, 0.3) is 0 Å². The molecule has 0 spiro atoms. The number of hydrogen-bond acceptors (Lipinski definition) is 3. The van der Waals surface area contributed by atoms with E-state index in [1.54, 1.807) is 0 Å². The molecule has 0 saturated carbocycles. The van der Waals surface area contributed by atoms with Crippen LogP contribution in [0.3, 0.4) is 0 Å². The average molecular weight is 286 g/mol. The molecule has 0 radical (unpaired) electrons. The summed E-state index contributed by atoms with van der Waals surface area (Å²) in [5.74, 6) is 0. The normalized spacial score (nSPS) is 24.9. The molecule has 1 aromatic rings. The van der Waals surface area contributed by atoms with Crippen LogP contribution in [-0.4, -0.2) is 30.4 Å². The van der Waals surface area contributed by atoms with Crippen molar-refractivity contribution in [2.45, 2.75) is 25.2 Å². The topological polar surface area (TPSA) is 41.5 Å². The van der Waals surface area contributed by atoms with Crippen molar-refractivity contribution < 1.29 is 9.84 Å². The highest BCUT2D eigenvalue weighted by Crippen LogP contribution is 2.15.